The van der Waals surface area contributed by atoms with E-state index >= 15 is 0 Å². The van der Waals surface area contributed by atoms with Crippen LogP contribution in [0.2, 0.25) is 0 Å². The fourth-order valence-corrected chi connectivity index (χ4v) is 2.56. The molecule has 0 atom stereocenters. The Bertz CT molecular complexity index is 590. The summed E-state index contributed by atoms with van der Waals surface area (Å²) in [6.45, 7) is 1.92. The number of rotatable bonds is 6. The van der Waals surface area contributed by atoms with Crippen LogP contribution in [0.15, 0.2) is 23.1 Å². The summed E-state index contributed by atoms with van der Waals surface area (Å²) >= 11 is 0. The van der Waals surface area contributed by atoms with Gasteiger partial charge in [0.15, 0.2) is 11.6 Å². The average Bonchev–Trinajstić information content (AvgIpc) is 2.39. The van der Waals surface area contributed by atoms with E-state index in [1.54, 1.807) is 0 Å². The van der Waals surface area contributed by atoms with Crippen molar-refractivity contribution in [3.63, 3.8) is 0 Å². The molecule has 8 heteroatoms. The summed E-state index contributed by atoms with van der Waals surface area (Å²) in [7, 11) is -2.84. The minimum absolute atomic E-state index is 0.388. The largest absolute Gasteiger partial charge is 0.355 e. The minimum Gasteiger partial charge on any atom is -0.355 e. The number of nitrogens with one attached hydrogen (secondary N) is 1. The van der Waals surface area contributed by atoms with Gasteiger partial charge in [0, 0.05) is 13.6 Å². The Hall–Kier alpha value is -1.54. The Morgan fingerprint density at radius 2 is 1.95 bits per heavy atom. The van der Waals surface area contributed by atoms with E-state index in [4.69, 9.17) is 0 Å². The van der Waals surface area contributed by atoms with Crippen molar-refractivity contribution in [2.75, 3.05) is 20.1 Å². The van der Waals surface area contributed by atoms with Gasteiger partial charge in [0.1, 0.15) is 0 Å². The number of amides is 1. The number of halogens is 2. The lowest BCUT2D eigenvalue weighted by Crippen LogP contribution is -2.38. The van der Waals surface area contributed by atoms with Crippen LogP contribution < -0.4 is 5.32 Å². The van der Waals surface area contributed by atoms with E-state index in [0.29, 0.717) is 12.6 Å². The molecule has 112 valence electrons. The third kappa shape index (κ3) is 3.97. The van der Waals surface area contributed by atoms with E-state index < -0.39 is 32.5 Å². The summed E-state index contributed by atoms with van der Waals surface area (Å²) in [4.78, 5) is 11.1. The molecule has 0 aliphatic carbocycles. The van der Waals surface area contributed by atoms with Crippen molar-refractivity contribution >= 4 is 15.9 Å². The lowest BCUT2D eigenvalue weighted by molar-refractivity contribution is -0.121. The minimum atomic E-state index is -4.03. The Labute approximate surface area is 116 Å². The molecule has 1 N–H and O–H groups in total. The molecular formula is C12H16F2N2O3S. The number of carbonyl (C=O) groups is 1. The van der Waals surface area contributed by atoms with Gasteiger partial charge in [0.05, 0.1) is 11.4 Å². The van der Waals surface area contributed by atoms with Crippen LogP contribution in [-0.4, -0.2) is 38.8 Å². The Morgan fingerprint density at radius 3 is 2.50 bits per heavy atom. The zero-order chi connectivity index (χ0) is 15.3. The monoisotopic (exact) mass is 306 g/mol. The first-order valence-electron chi connectivity index (χ1n) is 5.97. The quantitative estimate of drug-likeness (QED) is 0.856. The van der Waals surface area contributed by atoms with Crippen molar-refractivity contribution in [3.05, 3.63) is 29.8 Å². The first kappa shape index (κ1) is 16.5. The Kier molecular flexibility index (Phi) is 5.58. The summed E-state index contributed by atoms with van der Waals surface area (Å²) in [5, 5.41) is 2.53. The van der Waals surface area contributed by atoms with Crippen LogP contribution in [0.5, 0.6) is 0 Å². The molecule has 0 aromatic heterocycles. The van der Waals surface area contributed by atoms with Gasteiger partial charge in [0.25, 0.3) is 0 Å². The van der Waals surface area contributed by atoms with E-state index in [1.165, 1.54) is 7.05 Å². The van der Waals surface area contributed by atoms with Crippen molar-refractivity contribution in [2.24, 2.45) is 0 Å². The molecular weight excluding hydrogens is 290 g/mol. The standard InChI is InChI=1S/C12H16F2N2O3S/c1-3-6-15-12(17)8-16(2)20(18,19)9-4-5-10(13)11(14)7-9/h4-5,7H,3,6,8H2,1-2H3,(H,15,17). The van der Waals surface area contributed by atoms with Gasteiger partial charge >= 0.3 is 0 Å². The molecule has 0 fully saturated rings. The third-order valence-corrected chi connectivity index (χ3v) is 4.34. The highest BCUT2D eigenvalue weighted by Gasteiger charge is 2.23. The van der Waals surface area contributed by atoms with Gasteiger partial charge in [-0.15, -0.1) is 0 Å². The van der Waals surface area contributed by atoms with Crippen LogP contribution in [0, 0.1) is 11.6 Å². The van der Waals surface area contributed by atoms with Crippen LogP contribution in [0.3, 0.4) is 0 Å². The second-order valence-electron chi connectivity index (χ2n) is 4.19. The van der Waals surface area contributed by atoms with Crippen LogP contribution >= 0.6 is 0 Å². The smallest absolute Gasteiger partial charge is 0.243 e. The predicted octanol–water partition coefficient (Wildman–Crippen LogP) is 1.11. The molecule has 0 aliphatic heterocycles. The van der Waals surface area contributed by atoms with E-state index in [9.17, 15) is 22.0 Å². The maximum absolute atomic E-state index is 13.1. The fraction of sp³-hybridized carbons (Fsp3) is 0.417. The number of likely N-dealkylation sites (N-methyl/N-ethyl adjacent to an activating group) is 1. The third-order valence-electron chi connectivity index (χ3n) is 2.54. The van der Waals surface area contributed by atoms with E-state index in [0.717, 1.165) is 22.9 Å². The average molecular weight is 306 g/mol. The van der Waals surface area contributed by atoms with Gasteiger partial charge in [-0.3, -0.25) is 4.79 Å². The number of sulfonamides is 1. The molecule has 1 aromatic rings. The number of hydrogen-bond acceptors (Lipinski definition) is 3. The lowest BCUT2D eigenvalue weighted by Gasteiger charge is -2.16. The van der Waals surface area contributed by atoms with Gasteiger partial charge in [-0.2, -0.15) is 4.31 Å². The van der Waals surface area contributed by atoms with E-state index in [-0.39, 0.29) is 6.54 Å². The van der Waals surface area contributed by atoms with Crippen LogP contribution in [0.1, 0.15) is 13.3 Å². The summed E-state index contributed by atoms with van der Waals surface area (Å²) in [6, 6.07) is 2.27. The zero-order valence-electron chi connectivity index (χ0n) is 11.2. The highest BCUT2D eigenvalue weighted by molar-refractivity contribution is 7.89. The first-order chi connectivity index (χ1) is 9.28. The molecule has 1 amide bonds. The summed E-state index contributed by atoms with van der Waals surface area (Å²) in [5.41, 5.74) is 0. The second kappa shape index (κ2) is 6.76. The number of benzene rings is 1. The van der Waals surface area contributed by atoms with Crippen molar-refractivity contribution in [1.29, 1.82) is 0 Å². The van der Waals surface area contributed by atoms with Gasteiger partial charge in [-0.05, 0) is 24.6 Å². The first-order valence-corrected chi connectivity index (χ1v) is 7.41. The molecule has 0 aliphatic rings. The Balaban J connectivity index is 2.87. The summed E-state index contributed by atoms with van der Waals surface area (Å²) < 4.78 is 50.8. The van der Waals surface area contributed by atoms with Gasteiger partial charge in [-0.25, -0.2) is 17.2 Å². The predicted molar refractivity (Wildman–Crippen MR) is 69.5 cm³/mol. The maximum atomic E-state index is 13.1. The van der Waals surface area contributed by atoms with Crippen molar-refractivity contribution in [2.45, 2.75) is 18.2 Å². The van der Waals surface area contributed by atoms with E-state index in [1.807, 2.05) is 6.92 Å². The van der Waals surface area contributed by atoms with Gasteiger partial charge in [-0.1, -0.05) is 6.92 Å². The van der Waals surface area contributed by atoms with Gasteiger partial charge < -0.3 is 5.32 Å². The number of hydrogen-bond donors (Lipinski definition) is 1. The molecule has 0 saturated heterocycles. The zero-order valence-corrected chi connectivity index (χ0v) is 12.0. The molecule has 1 aromatic carbocycles. The number of carbonyl (C=O) groups excluding carboxylic acids is 1. The molecule has 0 spiro atoms. The van der Waals surface area contributed by atoms with Gasteiger partial charge in [0.2, 0.25) is 15.9 Å². The topological polar surface area (TPSA) is 66.5 Å². The fourth-order valence-electron chi connectivity index (χ4n) is 1.42. The SMILES string of the molecule is CCCNC(=O)CN(C)S(=O)(=O)c1ccc(F)c(F)c1. The molecule has 0 radical (unpaired) electrons. The van der Waals surface area contributed by atoms with Crippen LogP contribution in [0.4, 0.5) is 8.78 Å². The molecule has 20 heavy (non-hydrogen) atoms. The highest BCUT2D eigenvalue weighted by Crippen LogP contribution is 2.17. The van der Waals surface area contributed by atoms with Crippen molar-refractivity contribution in [3.8, 4) is 0 Å². The molecule has 0 bridgehead atoms. The van der Waals surface area contributed by atoms with E-state index in [2.05, 4.69) is 5.32 Å². The lowest BCUT2D eigenvalue weighted by atomic mass is 10.3. The van der Waals surface area contributed by atoms with Crippen molar-refractivity contribution in [1.82, 2.24) is 9.62 Å². The molecule has 5 nitrogen and oxygen atoms in total. The molecule has 1 rings (SSSR count). The molecule has 0 heterocycles. The van der Waals surface area contributed by atoms with Crippen LogP contribution in [0.25, 0.3) is 0 Å². The summed E-state index contributed by atoms with van der Waals surface area (Å²) in [6.07, 6.45) is 0.728. The maximum Gasteiger partial charge on any atom is 0.243 e. The second-order valence-corrected chi connectivity index (χ2v) is 6.23. The summed E-state index contributed by atoms with van der Waals surface area (Å²) in [5.74, 6) is -2.84. The molecule has 0 saturated carbocycles. The highest BCUT2D eigenvalue weighted by atomic mass is 32.2. The van der Waals surface area contributed by atoms with Crippen molar-refractivity contribution < 1.29 is 22.0 Å². The normalized spacial score (nSPS) is 11.7. The Morgan fingerprint density at radius 1 is 1.30 bits per heavy atom. The number of nitrogens with zero attached hydrogens (tertiary/aromatic N) is 1. The van der Waals surface area contributed by atoms with Crippen LogP contribution in [-0.2, 0) is 14.8 Å². The molecule has 0 unspecified atom stereocenters.